The first-order valence-electron chi connectivity index (χ1n) is 9.61. The van der Waals surface area contributed by atoms with Gasteiger partial charge >= 0.3 is 0 Å². The van der Waals surface area contributed by atoms with E-state index in [0.717, 1.165) is 27.9 Å². The third kappa shape index (κ3) is 5.37. The van der Waals surface area contributed by atoms with Crippen molar-refractivity contribution in [2.75, 3.05) is 0 Å². The molecule has 1 saturated heterocycles. The second-order valence-electron chi connectivity index (χ2n) is 6.81. The SMILES string of the molecule is O=C(NN1C(=O)/C(=C/c2cccc(OCc3ccccc3)c2)SC1=S)c1ccc(Cl)cc1. The zero-order chi connectivity index (χ0) is 22.5. The van der Waals surface area contributed by atoms with E-state index in [1.807, 2.05) is 54.6 Å². The Hall–Kier alpha value is -3.13. The Kier molecular flexibility index (Phi) is 6.90. The Morgan fingerprint density at radius 3 is 2.56 bits per heavy atom. The van der Waals surface area contributed by atoms with Crippen LogP contribution in [0, 0.1) is 0 Å². The third-order valence-corrected chi connectivity index (χ3v) is 6.07. The van der Waals surface area contributed by atoms with Crippen LogP contribution < -0.4 is 10.2 Å². The Morgan fingerprint density at radius 1 is 1.06 bits per heavy atom. The van der Waals surface area contributed by atoms with Crippen LogP contribution in [0.4, 0.5) is 0 Å². The summed E-state index contributed by atoms with van der Waals surface area (Å²) in [4.78, 5) is 25.7. The van der Waals surface area contributed by atoms with Gasteiger partial charge in [-0.05, 0) is 65.8 Å². The Bertz CT molecular complexity index is 1200. The van der Waals surface area contributed by atoms with Crippen LogP contribution in [0.2, 0.25) is 5.02 Å². The van der Waals surface area contributed by atoms with Gasteiger partial charge in [-0.25, -0.2) is 0 Å². The molecule has 3 aromatic carbocycles. The van der Waals surface area contributed by atoms with Gasteiger partial charge in [0.05, 0.1) is 4.91 Å². The van der Waals surface area contributed by atoms with Crippen LogP contribution in [0.1, 0.15) is 21.5 Å². The Labute approximate surface area is 200 Å². The van der Waals surface area contributed by atoms with Gasteiger partial charge in [-0.15, -0.1) is 0 Å². The Balaban J connectivity index is 1.44. The monoisotopic (exact) mass is 480 g/mol. The van der Waals surface area contributed by atoms with Crippen LogP contribution in [-0.2, 0) is 11.4 Å². The summed E-state index contributed by atoms with van der Waals surface area (Å²) >= 11 is 12.3. The predicted octanol–water partition coefficient (Wildman–Crippen LogP) is 5.47. The number of nitrogens with one attached hydrogen (secondary N) is 1. The summed E-state index contributed by atoms with van der Waals surface area (Å²) in [5.41, 5.74) is 4.78. The molecule has 160 valence electrons. The number of thioether (sulfide) groups is 1. The number of carbonyl (C=O) groups excluding carboxylic acids is 2. The lowest BCUT2D eigenvalue weighted by molar-refractivity contribution is -0.123. The molecule has 0 aromatic heterocycles. The molecule has 1 fully saturated rings. The van der Waals surface area contributed by atoms with Crippen molar-refractivity contribution in [3.8, 4) is 5.75 Å². The molecule has 0 atom stereocenters. The maximum Gasteiger partial charge on any atom is 0.285 e. The van der Waals surface area contributed by atoms with E-state index in [-0.39, 0.29) is 4.32 Å². The van der Waals surface area contributed by atoms with Crippen LogP contribution in [-0.4, -0.2) is 21.1 Å². The van der Waals surface area contributed by atoms with Crippen molar-refractivity contribution in [2.45, 2.75) is 6.61 Å². The average Bonchev–Trinajstić information content (AvgIpc) is 3.06. The molecule has 1 aliphatic rings. The van der Waals surface area contributed by atoms with Crippen molar-refractivity contribution in [3.63, 3.8) is 0 Å². The van der Waals surface area contributed by atoms with Gasteiger partial charge in [0.25, 0.3) is 11.8 Å². The van der Waals surface area contributed by atoms with Gasteiger partial charge in [-0.1, -0.05) is 65.8 Å². The molecular weight excluding hydrogens is 464 g/mol. The number of benzene rings is 3. The van der Waals surface area contributed by atoms with Crippen LogP contribution in [0.5, 0.6) is 5.75 Å². The molecule has 8 heteroatoms. The second kappa shape index (κ2) is 9.99. The van der Waals surface area contributed by atoms with Gasteiger partial charge in [0.1, 0.15) is 12.4 Å². The standard InChI is InChI=1S/C24H17ClN2O3S2/c25-19-11-9-18(10-12-19)22(28)26-27-23(29)21(32-24(27)31)14-17-7-4-8-20(13-17)30-15-16-5-2-1-3-6-16/h1-14H,15H2,(H,26,28)/b21-14-. The fourth-order valence-electron chi connectivity index (χ4n) is 2.92. The molecule has 4 rings (SSSR count). The van der Waals surface area contributed by atoms with Gasteiger partial charge < -0.3 is 4.74 Å². The molecule has 0 unspecified atom stereocenters. The van der Waals surface area contributed by atoms with E-state index < -0.39 is 11.8 Å². The number of amides is 2. The quantitative estimate of drug-likeness (QED) is 0.374. The molecular formula is C24H17ClN2O3S2. The molecule has 0 bridgehead atoms. The van der Waals surface area contributed by atoms with Gasteiger partial charge in [-0.3, -0.25) is 15.0 Å². The number of rotatable bonds is 6. The van der Waals surface area contributed by atoms with E-state index in [0.29, 0.717) is 27.8 Å². The first kappa shape index (κ1) is 22.1. The van der Waals surface area contributed by atoms with Crippen molar-refractivity contribution in [1.29, 1.82) is 0 Å². The minimum Gasteiger partial charge on any atom is -0.489 e. The molecule has 1 N–H and O–H groups in total. The Morgan fingerprint density at radius 2 is 1.81 bits per heavy atom. The van der Waals surface area contributed by atoms with E-state index in [1.54, 1.807) is 30.3 Å². The lowest BCUT2D eigenvalue weighted by atomic mass is 10.2. The average molecular weight is 481 g/mol. The van der Waals surface area contributed by atoms with Crippen LogP contribution in [0.3, 0.4) is 0 Å². The van der Waals surface area contributed by atoms with Crippen molar-refractivity contribution >= 4 is 57.8 Å². The van der Waals surface area contributed by atoms with Crippen molar-refractivity contribution in [3.05, 3.63) is 105 Å². The normalized spacial score (nSPS) is 14.7. The second-order valence-corrected chi connectivity index (χ2v) is 8.92. The first-order valence-corrected chi connectivity index (χ1v) is 11.2. The molecule has 0 aliphatic carbocycles. The molecule has 5 nitrogen and oxygen atoms in total. The summed E-state index contributed by atoms with van der Waals surface area (Å²) in [5.74, 6) is -0.150. The summed E-state index contributed by atoms with van der Waals surface area (Å²) in [6.45, 7) is 0.448. The molecule has 1 aliphatic heterocycles. The van der Waals surface area contributed by atoms with Gasteiger partial charge in [0.15, 0.2) is 4.32 Å². The maximum absolute atomic E-state index is 12.8. The zero-order valence-corrected chi connectivity index (χ0v) is 19.0. The molecule has 2 amide bonds. The highest BCUT2D eigenvalue weighted by Gasteiger charge is 2.33. The number of halogens is 1. The number of ether oxygens (including phenoxy) is 1. The van der Waals surface area contributed by atoms with Crippen LogP contribution >= 0.6 is 35.6 Å². The summed E-state index contributed by atoms with van der Waals surface area (Å²) in [6.07, 6.45) is 1.73. The minimum atomic E-state index is -0.449. The van der Waals surface area contributed by atoms with Crippen LogP contribution in [0.25, 0.3) is 6.08 Å². The van der Waals surface area contributed by atoms with Crippen molar-refractivity contribution in [1.82, 2.24) is 10.4 Å². The van der Waals surface area contributed by atoms with E-state index in [2.05, 4.69) is 5.43 Å². The van der Waals surface area contributed by atoms with E-state index in [9.17, 15) is 9.59 Å². The number of hydrogen-bond acceptors (Lipinski definition) is 5. The number of thiocarbonyl (C=S) groups is 1. The molecule has 3 aromatic rings. The van der Waals surface area contributed by atoms with Gasteiger partial charge in [-0.2, -0.15) is 5.01 Å². The number of hydrogen-bond donors (Lipinski definition) is 1. The minimum absolute atomic E-state index is 0.250. The third-order valence-electron chi connectivity index (χ3n) is 4.52. The lowest BCUT2D eigenvalue weighted by Gasteiger charge is -2.15. The summed E-state index contributed by atoms with van der Waals surface area (Å²) < 4.78 is 6.10. The van der Waals surface area contributed by atoms with E-state index >= 15 is 0 Å². The van der Waals surface area contributed by atoms with E-state index in [1.165, 1.54) is 0 Å². The van der Waals surface area contributed by atoms with Gasteiger partial charge in [0.2, 0.25) is 0 Å². The fourth-order valence-corrected chi connectivity index (χ4v) is 4.22. The van der Waals surface area contributed by atoms with E-state index in [4.69, 9.17) is 28.6 Å². The smallest absolute Gasteiger partial charge is 0.285 e. The van der Waals surface area contributed by atoms with Gasteiger partial charge in [0, 0.05) is 10.6 Å². The first-order chi connectivity index (χ1) is 15.5. The zero-order valence-electron chi connectivity index (χ0n) is 16.7. The molecule has 0 spiro atoms. The summed E-state index contributed by atoms with van der Waals surface area (Å²) in [6, 6.07) is 23.7. The highest BCUT2D eigenvalue weighted by atomic mass is 35.5. The lowest BCUT2D eigenvalue weighted by Crippen LogP contribution is -2.44. The number of nitrogens with zero attached hydrogens (tertiary/aromatic N) is 1. The predicted molar refractivity (Wildman–Crippen MR) is 131 cm³/mol. The van der Waals surface area contributed by atoms with Crippen molar-refractivity contribution < 1.29 is 14.3 Å². The highest BCUT2D eigenvalue weighted by Crippen LogP contribution is 2.32. The fraction of sp³-hybridized carbons (Fsp3) is 0.0417. The highest BCUT2D eigenvalue weighted by molar-refractivity contribution is 8.26. The number of hydrazine groups is 1. The number of carbonyl (C=O) groups is 2. The summed E-state index contributed by atoms with van der Waals surface area (Å²) in [7, 11) is 0. The topological polar surface area (TPSA) is 58.6 Å². The largest absolute Gasteiger partial charge is 0.489 e. The maximum atomic E-state index is 12.8. The molecule has 32 heavy (non-hydrogen) atoms. The summed E-state index contributed by atoms with van der Waals surface area (Å²) in [5, 5.41) is 1.60. The molecule has 1 heterocycles. The molecule has 0 saturated carbocycles. The van der Waals surface area contributed by atoms with Crippen LogP contribution in [0.15, 0.2) is 83.8 Å². The van der Waals surface area contributed by atoms with Crippen molar-refractivity contribution in [2.24, 2.45) is 0 Å². The molecule has 0 radical (unpaired) electrons.